The van der Waals surface area contributed by atoms with Crippen LogP contribution in [-0.4, -0.2) is 14.8 Å². The molecule has 11 aromatic rings. The molecule has 0 radical (unpaired) electrons. The second kappa shape index (κ2) is 14.1. The van der Waals surface area contributed by atoms with Crippen LogP contribution in [0.2, 0.25) is 0 Å². The van der Waals surface area contributed by atoms with Crippen molar-refractivity contribution < 1.29 is 4.74 Å². The summed E-state index contributed by atoms with van der Waals surface area (Å²) >= 11 is 0. The molecular formula is C59H40N4O. The van der Waals surface area contributed by atoms with E-state index >= 15 is 0 Å². The van der Waals surface area contributed by atoms with Crippen molar-refractivity contribution in [2.75, 3.05) is 0 Å². The molecule has 1 spiro atoms. The van der Waals surface area contributed by atoms with Gasteiger partial charge in [0.2, 0.25) is 0 Å². The average molecular weight is 821 g/mol. The van der Waals surface area contributed by atoms with Gasteiger partial charge in [-0.25, -0.2) is 0 Å². The number of benzene rings is 9. The van der Waals surface area contributed by atoms with Crippen molar-refractivity contribution in [1.82, 2.24) is 9.13 Å². The zero-order valence-electron chi connectivity index (χ0n) is 34.8. The van der Waals surface area contributed by atoms with E-state index in [2.05, 4.69) is 185 Å². The van der Waals surface area contributed by atoms with Crippen molar-refractivity contribution in [3.05, 3.63) is 257 Å². The molecule has 302 valence electrons. The lowest BCUT2D eigenvalue weighted by molar-refractivity contribution is 0.435. The molecule has 0 aliphatic carbocycles. The van der Waals surface area contributed by atoms with E-state index in [4.69, 9.17) is 15.5 Å². The first-order chi connectivity index (χ1) is 31.7. The molecule has 2 aliphatic rings. The zero-order chi connectivity index (χ0) is 42.4. The highest BCUT2D eigenvalue weighted by Gasteiger charge is 2.50. The second-order valence-corrected chi connectivity index (χ2v) is 16.8. The summed E-state index contributed by atoms with van der Waals surface area (Å²) in [7, 11) is 0. The topological polar surface area (TPSA) is 57.5 Å². The van der Waals surface area contributed by atoms with Crippen LogP contribution in [-0.2, 0) is 12.0 Å². The van der Waals surface area contributed by atoms with Crippen molar-refractivity contribution >= 4 is 55.0 Å². The maximum Gasteiger partial charge on any atom is 0.133 e. The van der Waals surface area contributed by atoms with Crippen molar-refractivity contribution in [2.24, 2.45) is 10.7 Å². The van der Waals surface area contributed by atoms with Gasteiger partial charge in [-0.2, -0.15) is 0 Å². The fourth-order valence-electron chi connectivity index (χ4n) is 10.7. The minimum Gasteiger partial charge on any atom is -0.457 e. The molecule has 9 aromatic carbocycles. The monoisotopic (exact) mass is 820 g/mol. The minimum absolute atomic E-state index is 0.563. The van der Waals surface area contributed by atoms with Crippen molar-refractivity contribution in [3.63, 3.8) is 0 Å². The van der Waals surface area contributed by atoms with E-state index < -0.39 is 5.41 Å². The highest BCUT2D eigenvalue weighted by Crippen LogP contribution is 2.61. The quantitative estimate of drug-likeness (QED) is 0.170. The molecule has 5 nitrogen and oxygen atoms in total. The summed E-state index contributed by atoms with van der Waals surface area (Å²) in [5, 5.41) is 4.78. The Balaban J connectivity index is 1.02. The van der Waals surface area contributed by atoms with E-state index in [0.717, 1.165) is 72.5 Å². The molecule has 0 fully saturated rings. The van der Waals surface area contributed by atoms with E-state index in [-0.39, 0.29) is 0 Å². The Bertz CT molecular complexity index is 3730. The van der Waals surface area contributed by atoms with E-state index in [0.29, 0.717) is 12.2 Å². The Labute approximate surface area is 370 Å². The van der Waals surface area contributed by atoms with Gasteiger partial charge in [0, 0.05) is 44.1 Å². The molecule has 13 rings (SSSR count). The average Bonchev–Trinajstić information content (AvgIpc) is 3.87. The maximum absolute atomic E-state index is 7.04. The Kier molecular flexibility index (Phi) is 7.97. The van der Waals surface area contributed by atoms with Gasteiger partial charge in [0.05, 0.1) is 45.4 Å². The van der Waals surface area contributed by atoms with Gasteiger partial charge in [-0.3, -0.25) is 4.99 Å². The van der Waals surface area contributed by atoms with Crippen LogP contribution in [0.5, 0.6) is 11.5 Å². The summed E-state index contributed by atoms with van der Waals surface area (Å²) in [6.07, 6.45) is 2.00. The fourth-order valence-corrected chi connectivity index (χ4v) is 10.7. The highest BCUT2D eigenvalue weighted by molar-refractivity contribution is 6.14. The van der Waals surface area contributed by atoms with Crippen LogP contribution >= 0.6 is 0 Å². The van der Waals surface area contributed by atoms with Crippen LogP contribution in [0.4, 0.5) is 0 Å². The van der Waals surface area contributed by atoms with Crippen LogP contribution in [0.1, 0.15) is 38.9 Å². The molecular weight excluding hydrogens is 781 g/mol. The smallest absolute Gasteiger partial charge is 0.133 e. The Morgan fingerprint density at radius 3 is 1.91 bits per heavy atom. The number of para-hydroxylation sites is 5. The fraction of sp³-hybridized carbons (Fsp3) is 0.0339. The second-order valence-electron chi connectivity index (χ2n) is 16.8. The number of fused-ring (bicyclic) bond motifs is 14. The maximum atomic E-state index is 7.04. The number of aromatic nitrogens is 2. The van der Waals surface area contributed by atoms with E-state index in [1.165, 1.54) is 38.6 Å². The first-order valence-electron chi connectivity index (χ1n) is 21.9. The van der Waals surface area contributed by atoms with Crippen LogP contribution < -0.4 is 10.5 Å². The summed E-state index contributed by atoms with van der Waals surface area (Å²) in [5.41, 5.74) is 22.4. The SMILES string of the molecule is N/C(=C\C(=NCc1ccccc1)c1ccccc1)c1ccc(-n2c3ccccc3c3cc4c(cc32)C2(c3ccccc3O4)c3ccccc3-n3c4ccccc4c4cccc2c43)cc1. The molecule has 0 saturated heterocycles. The lowest BCUT2D eigenvalue weighted by Crippen LogP contribution is -2.37. The minimum atomic E-state index is -0.679. The molecule has 4 heterocycles. The number of ether oxygens (including phenoxy) is 1. The van der Waals surface area contributed by atoms with E-state index in [1.54, 1.807) is 0 Å². The van der Waals surface area contributed by atoms with Crippen LogP contribution in [0.15, 0.2) is 223 Å². The predicted octanol–water partition coefficient (Wildman–Crippen LogP) is 13.7. The summed E-state index contributed by atoms with van der Waals surface area (Å²) in [5.74, 6) is 1.73. The van der Waals surface area contributed by atoms with Gasteiger partial charge in [0.1, 0.15) is 11.5 Å². The predicted molar refractivity (Wildman–Crippen MR) is 262 cm³/mol. The van der Waals surface area contributed by atoms with Gasteiger partial charge >= 0.3 is 0 Å². The lowest BCUT2D eigenvalue weighted by Gasteiger charge is -2.45. The first kappa shape index (κ1) is 36.3. The van der Waals surface area contributed by atoms with Gasteiger partial charge in [-0.05, 0) is 82.4 Å². The van der Waals surface area contributed by atoms with Gasteiger partial charge in [-0.15, -0.1) is 0 Å². The number of aliphatic imine (C=N–C) groups is 1. The molecule has 1 atom stereocenters. The molecule has 2 aliphatic heterocycles. The number of allylic oxidation sites excluding steroid dienone is 1. The largest absolute Gasteiger partial charge is 0.457 e. The Hall–Kier alpha value is -8.41. The molecule has 64 heavy (non-hydrogen) atoms. The van der Waals surface area contributed by atoms with Crippen molar-refractivity contribution in [3.8, 4) is 22.9 Å². The first-order valence-corrected chi connectivity index (χ1v) is 21.9. The van der Waals surface area contributed by atoms with Crippen LogP contribution in [0.3, 0.4) is 0 Å². The molecule has 0 saturated carbocycles. The highest BCUT2D eigenvalue weighted by atomic mass is 16.5. The van der Waals surface area contributed by atoms with Gasteiger partial charge in [-0.1, -0.05) is 164 Å². The van der Waals surface area contributed by atoms with Crippen LogP contribution in [0, 0.1) is 0 Å². The lowest BCUT2D eigenvalue weighted by atomic mass is 9.61. The number of hydrogen-bond donors (Lipinski definition) is 1. The number of hydrogen-bond acceptors (Lipinski definition) is 3. The third kappa shape index (κ3) is 5.21. The molecule has 0 amide bonds. The molecule has 5 heteroatoms. The summed E-state index contributed by atoms with van der Waals surface area (Å²) in [4.78, 5) is 5.04. The van der Waals surface area contributed by atoms with E-state index in [1.807, 2.05) is 42.5 Å². The summed E-state index contributed by atoms with van der Waals surface area (Å²) in [6, 6.07) is 75.8. The Morgan fingerprint density at radius 1 is 0.484 bits per heavy atom. The normalized spacial score (nSPS) is 15.4. The molecule has 0 bridgehead atoms. The van der Waals surface area contributed by atoms with Crippen molar-refractivity contribution in [1.29, 1.82) is 0 Å². The zero-order valence-corrected chi connectivity index (χ0v) is 34.8. The standard InChI is InChI=1S/C59H40N4O/c60-50(36-51(40-18-5-2-6-19-40)61-37-38-16-3-1-4-17-38)39-30-32-41(33-31-39)62-52-26-11-8-21-43(52)45-34-57-49(35-55(45)62)59(47-24-10-14-29-56(47)64-57)46-23-9-13-28-54(46)63-53-27-12-7-20-42(53)44-22-15-25-48(59)58(44)63/h1-36H,37,60H2/b50-36-,61-51?. The van der Waals surface area contributed by atoms with E-state index in [9.17, 15) is 0 Å². The Morgan fingerprint density at radius 2 is 1.11 bits per heavy atom. The number of rotatable bonds is 6. The number of nitrogens with two attached hydrogens (primary N) is 1. The van der Waals surface area contributed by atoms with Gasteiger partial charge in [0.15, 0.2) is 0 Å². The summed E-state index contributed by atoms with van der Waals surface area (Å²) < 4.78 is 11.9. The summed E-state index contributed by atoms with van der Waals surface area (Å²) in [6.45, 7) is 0.563. The molecule has 2 aromatic heterocycles. The van der Waals surface area contributed by atoms with Gasteiger partial charge < -0.3 is 19.6 Å². The number of nitrogens with zero attached hydrogens (tertiary/aromatic N) is 3. The molecule has 1 unspecified atom stereocenters. The third-order valence-electron chi connectivity index (χ3n) is 13.4. The van der Waals surface area contributed by atoms with Crippen molar-refractivity contribution in [2.45, 2.75) is 12.0 Å². The molecule has 2 N–H and O–H groups in total. The van der Waals surface area contributed by atoms with Crippen LogP contribution in [0.25, 0.3) is 60.7 Å². The third-order valence-corrected chi connectivity index (χ3v) is 13.4. The van der Waals surface area contributed by atoms with Gasteiger partial charge in [0.25, 0.3) is 0 Å².